The van der Waals surface area contributed by atoms with E-state index < -0.39 is 0 Å². The summed E-state index contributed by atoms with van der Waals surface area (Å²) in [7, 11) is 0. The van der Waals surface area contributed by atoms with Crippen molar-refractivity contribution < 1.29 is 4.39 Å². The van der Waals surface area contributed by atoms with Crippen molar-refractivity contribution in [3.8, 4) is 10.4 Å². The van der Waals surface area contributed by atoms with Crippen LogP contribution >= 0.6 is 11.3 Å². The van der Waals surface area contributed by atoms with Crippen LogP contribution in [-0.2, 0) is 0 Å². The van der Waals surface area contributed by atoms with E-state index in [9.17, 15) is 4.39 Å². The van der Waals surface area contributed by atoms with E-state index in [-0.39, 0.29) is 5.82 Å². The molecule has 1 aliphatic carbocycles. The lowest BCUT2D eigenvalue weighted by Crippen LogP contribution is -2.16. The van der Waals surface area contributed by atoms with Gasteiger partial charge in [-0.2, -0.15) is 0 Å². The Morgan fingerprint density at radius 1 is 0.952 bits per heavy atom. The molecule has 0 spiro atoms. The van der Waals surface area contributed by atoms with Crippen LogP contribution in [0.4, 0.5) is 4.39 Å². The zero-order valence-corrected chi connectivity index (χ0v) is 13.6. The lowest BCUT2D eigenvalue weighted by atomic mass is 9.76. The second-order valence-electron chi connectivity index (χ2n) is 6.56. The minimum Gasteiger partial charge on any atom is -0.207 e. The molecule has 0 unspecified atom stereocenters. The average Bonchev–Trinajstić information content (AvgIpc) is 2.98. The van der Waals surface area contributed by atoms with Crippen molar-refractivity contribution in [2.45, 2.75) is 45.4 Å². The summed E-state index contributed by atoms with van der Waals surface area (Å²) in [6.07, 6.45) is 5.39. The highest BCUT2D eigenvalue weighted by atomic mass is 32.1. The smallest absolute Gasteiger partial charge is 0.123 e. The summed E-state index contributed by atoms with van der Waals surface area (Å²) < 4.78 is 13.0. The van der Waals surface area contributed by atoms with Gasteiger partial charge in [0.15, 0.2) is 0 Å². The molecule has 112 valence electrons. The van der Waals surface area contributed by atoms with Gasteiger partial charge in [0, 0.05) is 9.75 Å². The monoisotopic (exact) mass is 302 g/mol. The Morgan fingerprint density at radius 2 is 1.62 bits per heavy atom. The second kappa shape index (κ2) is 6.31. The molecule has 0 saturated heterocycles. The molecule has 2 aromatic rings. The lowest BCUT2D eigenvalue weighted by molar-refractivity contribution is 0.260. The van der Waals surface area contributed by atoms with Gasteiger partial charge in [-0.05, 0) is 73.3 Å². The molecule has 0 amide bonds. The van der Waals surface area contributed by atoms with Crippen LogP contribution in [-0.4, -0.2) is 0 Å². The maximum atomic E-state index is 13.0. The zero-order chi connectivity index (χ0) is 14.8. The number of hydrogen-bond donors (Lipinski definition) is 0. The number of benzene rings is 1. The number of rotatable bonds is 3. The summed E-state index contributed by atoms with van der Waals surface area (Å²) in [5, 5.41) is 0. The van der Waals surface area contributed by atoms with Crippen molar-refractivity contribution in [1.82, 2.24) is 0 Å². The SMILES string of the molecule is CC(C)C1CCC(c2ccc(-c3ccc(F)cc3)s2)CC1. The Bertz CT molecular complexity index is 574. The van der Waals surface area contributed by atoms with Gasteiger partial charge in [-0.25, -0.2) is 4.39 Å². The van der Waals surface area contributed by atoms with Crippen LogP contribution in [0.25, 0.3) is 10.4 Å². The van der Waals surface area contributed by atoms with Gasteiger partial charge in [0.25, 0.3) is 0 Å². The molecule has 2 heteroatoms. The quantitative estimate of drug-likeness (QED) is 0.608. The summed E-state index contributed by atoms with van der Waals surface area (Å²) in [4.78, 5) is 2.77. The molecule has 1 fully saturated rings. The molecule has 1 aromatic carbocycles. The van der Waals surface area contributed by atoms with Crippen molar-refractivity contribution in [1.29, 1.82) is 0 Å². The summed E-state index contributed by atoms with van der Waals surface area (Å²) in [6.45, 7) is 4.70. The molecule has 0 atom stereocenters. The van der Waals surface area contributed by atoms with Gasteiger partial charge in [0.1, 0.15) is 5.82 Å². The summed E-state index contributed by atoms with van der Waals surface area (Å²) in [5.74, 6) is 2.31. The van der Waals surface area contributed by atoms with Gasteiger partial charge in [0.05, 0.1) is 0 Å². The number of thiophene rings is 1. The van der Waals surface area contributed by atoms with E-state index in [2.05, 4.69) is 26.0 Å². The fraction of sp³-hybridized carbons (Fsp3) is 0.474. The summed E-state index contributed by atoms with van der Waals surface area (Å²) in [5.41, 5.74) is 1.13. The third-order valence-corrected chi connectivity index (χ3v) is 6.17. The minimum absolute atomic E-state index is 0.164. The lowest BCUT2D eigenvalue weighted by Gasteiger charge is -2.30. The predicted molar refractivity (Wildman–Crippen MR) is 89.3 cm³/mol. The van der Waals surface area contributed by atoms with Crippen LogP contribution in [0.5, 0.6) is 0 Å². The van der Waals surface area contributed by atoms with E-state index in [4.69, 9.17) is 0 Å². The van der Waals surface area contributed by atoms with Gasteiger partial charge >= 0.3 is 0 Å². The largest absolute Gasteiger partial charge is 0.207 e. The highest BCUT2D eigenvalue weighted by molar-refractivity contribution is 7.15. The maximum Gasteiger partial charge on any atom is 0.123 e. The van der Waals surface area contributed by atoms with Crippen LogP contribution in [0.3, 0.4) is 0 Å². The Kier molecular flexibility index (Phi) is 4.44. The Hall–Kier alpha value is -1.15. The van der Waals surface area contributed by atoms with Crippen LogP contribution in [0, 0.1) is 17.7 Å². The van der Waals surface area contributed by atoms with Crippen LogP contribution in [0.1, 0.15) is 50.3 Å². The Labute approximate surface area is 131 Å². The molecule has 1 aromatic heterocycles. The van der Waals surface area contributed by atoms with Gasteiger partial charge < -0.3 is 0 Å². The molecule has 0 N–H and O–H groups in total. The maximum absolute atomic E-state index is 13.0. The van der Waals surface area contributed by atoms with E-state index in [0.717, 1.165) is 23.3 Å². The van der Waals surface area contributed by atoms with Crippen molar-refractivity contribution in [2.24, 2.45) is 11.8 Å². The second-order valence-corrected chi connectivity index (χ2v) is 7.68. The van der Waals surface area contributed by atoms with Gasteiger partial charge in [-0.1, -0.05) is 26.0 Å². The highest BCUT2D eigenvalue weighted by Gasteiger charge is 2.25. The molecule has 1 saturated carbocycles. The first-order chi connectivity index (χ1) is 10.1. The van der Waals surface area contributed by atoms with Crippen molar-refractivity contribution in [3.05, 3.63) is 47.1 Å². The van der Waals surface area contributed by atoms with E-state index in [1.54, 1.807) is 12.1 Å². The molecule has 0 radical (unpaired) electrons. The number of hydrogen-bond acceptors (Lipinski definition) is 1. The third kappa shape index (κ3) is 3.37. The first kappa shape index (κ1) is 14.8. The topological polar surface area (TPSA) is 0 Å². The summed E-state index contributed by atoms with van der Waals surface area (Å²) >= 11 is 1.89. The van der Waals surface area contributed by atoms with E-state index in [1.807, 2.05) is 23.5 Å². The Balaban J connectivity index is 1.70. The molecule has 3 rings (SSSR count). The van der Waals surface area contributed by atoms with Crippen LogP contribution in [0.2, 0.25) is 0 Å². The molecule has 0 nitrogen and oxygen atoms in total. The van der Waals surface area contributed by atoms with Crippen molar-refractivity contribution >= 4 is 11.3 Å². The molecule has 21 heavy (non-hydrogen) atoms. The summed E-state index contributed by atoms with van der Waals surface area (Å²) in [6, 6.07) is 11.3. The van der Waals surface area contributed by atoms with Gasteiger partial charge in [0.2, 0.25) is 0 Å². The highest BCUT2D eigenvalue weighted by Crippen LogP contribution is 2.42. The van der Waals surface area contributed by atoms with E-state index in [1.165, 1.54) is 35.4 Å². The van der Waals surface area contributed by atoms with Gasteiger partial charge in [-0.3, -0.25) is 0 Å². The molecule has 0 bridgehead atoms. The molecule has 0 aliphatic heterocycles. The standard InChI is InChI=1S/C19H23FS/c1-13(2)14-3-5-15(6-4-14)18-11-12-19(21-18)16-7-9-17(20)10-8-16/h7-15H,3-6H2,1-2H3. The van der Waals surface area contributed by atoms with E-state index in [0.29, 0.717) is 0 Å². The first-order valence-corrected chi connectivity index (χ1v) is 8.81. The average molecular weight is 302 g/mol. The van der Waals surface area contributed by atoms with Crippen LogP contribution < -0.4 is 0 Å². The van der Waals surface area contributed by atoms with Crippen molar-refractivity contribution in [3.63, 3.8) is 0 Å². The first-order valence-electron chi connectivity index (χ1n) is 7.99. The van der Waals surface area contributed by atoms with E-state index >= 15 is 0 Å². The molecule has 1 aliphatic rings. The van der Waals surface area contributed by atoms with Crippen LogP contribution in [0.15, 0.2) is 36.4 Å². The molecule has 1 heterocycles. The normalized spacial score (nSPS) is 22.7. The predicted octanol–water partition coefficient (Wildman–Crippen LogP) is 6.48. The van der Waals surface area contributed by atoms with Gasteiger partial charge in [-0.15, -0.1) is 11.3 Å². The molecular weight excluding hydrogens is 279 g/mol. The molecular formula is C19H23FS. The van der Waals surface area contributed by atoms with Crippen molar-refractivity contribution in [2.75, 3.05) is 0 Å². The fourth-order valence-electron chi connectivity index (χ4n) is 3.41. The minimum atomic E-state index is -0.164. The zero-order valence-electron chi connectivity index (χ0n) is 12.8. The fourth-order valence-corrected chi connectivity index (χ4v) is 4.59. The third-order valence-electron chi connectivity index (χ3n) is 4.87. The number of halogens is 1. The Morgan fingerprint density at radius 3 is 2.24 bits per heavy atom.